The van der Waals surface area contributed by atoms with Crippen LogP contribution in [0.3, 0.4) is 0 Å². The molecule has 3 fully saturated rings. The first-order valence-electron chi connectivity index (χ1n) is 11.0. The van der Waals surface area contributed by atoms with Crippen molar-refractivity contribution in [3.8, 4) is 0 Å². The smallest absolute Gasteiger partial charge is 0.187 e. The van der Waals surface area contributed by atoms with Crippen LogP contribution in [0.5, 0.6) is 0 Å². The molecule has 0 spiro atoms. The zero-order valence-corrected chi connectivity index (χ0v) is 18.0. The second-order valence-electron chi connectivity index (χ2n) is 8.79. The SMILES string of the molecule is OCC1OC(CCC2OC(O)C(O)C(OC3OC(CO)C(O)C(O)C3O)C2O)C(O)C(O)C1O. The third kappa shape index (κ3) is 5.54. The third-order valence-corrected chi connectivity index (χ3v) is 6.53. The van der Waals surface area contributed by atoms with Crippen molar-refractivity contribution in [3.05, 3.63) is 0 Å². The van der Waals surface area contributed by atoms with E-state index in [-0.39, 0.29) is 12.8 Å². The number of hydrogen-bond donors (Lipinski definition) is 11. The Morgan fingerprint density at radius 1 is 0.471 bits per heavy atom. The molecule has 15 heteroatoms. The van der Waals surface area contributed by atoms with Gasteiger partial charge in [0.2, 0.25) is 0 Å². The molecule has 3 aliphatic rings. The first kappa shape index (κ1) is 28.0. The van der Waals surface area contributed by atoms with Gasteiger partial charge in [-0.25, -0.2) is 0 Å². The van der Waals surface area contributed by atoms with Crippen LogP contribution in [0.1, 0.15) is 12.8 Å². The lowest BCUT2D eigenvalue weighted by atomic mass is 9.89. The summed E-state index contributed by atoms with van der Waals surface area (Å²) in [5.41, 5.74) is 0. The minimum atomic E-state index is -1.85. The largest absolute Gasteiger partial charge is 0.394 e. The highest BCUT2D eigenvalue weighted by Crippen LogP contribution is 2.31. The van der Waals surface area contributed by atoms with E-state index in [0.717, 1.165) is 0 Å². The van der Waals surface area contributed by atoms with Crippen LogP contribution >= 0.6 is 0 Å². The summed E-state index contributed by atoms with van der Waals surface area (Å²) in [6.07, 6.45) is -23.4. The summed E-state index contributed by atoms with van der Waals surface area (Å²) in [5.74, 6) is 0. The summed E-state index contributed by atoms with van der Waals surface area (Å²) in [5, 5.41) is 109. The number of aliphatic hydroxyl groups excluding tert-OH is 11. The van der Waals surface area contributed by atoms with Gasteiger partial charge in [0.1, 0.15) is 67.1 Å². The predicted molar refractivity (Wildman–Crippen MR) is 105 cm³/mol. The first-order valence-corrected chi connectivity index (χ1v) is 11.0. The van der Waals surface area contributed by atoms with Crippen LogP contribution < -0.4 is 0 Å². The van der Waals surface area contributed by atoms with Gasteiger partial charge in [-0.05, 0) is 12.8 Å². The summed E-state index contributed by atoms with van der Waals surface area (Å²) < 4.78 is 21.2. The fourth-order valence-corrected chi connectivity index (χ4v) is 4.40. The lowest BCUT2D eigenvalue weighted by molar-refractivity contribution is -0.355. The van der Waals surface area contributed by atoms with Gasteiger partial charge in [-0.3, -0.25) is 0 Å². The van der Waals surface area contributed by atoms with Crippen LogP contribution in [0.25, 0.3) is 0 Å². The topological polar surface area (TPSA) is 259 Å². The molecule has 0 aromatic heterocycles. The van der Waals surface area contributed by atoms with Crippen LogP contribution in [-0.2, 0) is 18.9 Å². The summed E-state index contributed by atoms with van der Waals surface area (Å²) in [4.78, 5) is 0. The molecule has 3 heterocycles. The van der Waals surface area contributed by atoms with Crippen molar-refractivity contribution < 1.29 is 75.1 Å². The Labute approximate surface area is 193 Å². The molecule has 0 aromatic carbocycles. The minimum absolute atomic E-state index is 0.0707. The molecular formula is C19H34O15. The normalized spacial score (nSPS) is 52.5. The molecule has 15 unspecified atom stereocenters. The van der Waals surface area contributed by atoms with Gasteiger partial charge >= 0.3 is 0 Å². The molecule has 200 valence electrons. The van der Waals surface area contributed by atoms with Crippen molar-refractivity contribution in [1.29, 1.82) is 0 Å². The summed E-state index contributed by atoms with van der Waals surface area (Å²) in [6, 6.07) is 0. The van der Waals surface area contributed by atoms with Gasteiger partial charge in [-0.15, -0.1) is 0 Å². The molecule has 0 aromatic rings. The minimum Gasteiger partial charge on any atom is -0.394 e. The van der Waals surface area contributed by atoms with Crippen molar-refractivity contribution in [1.82, 2.24) is 0 Å². The van der Waals surface area contributed by atoms with Gasteiger partial charge in [0.05, 0.1) is 25.4 Å². The maximum Gasteiger partial charge on any atom is 0.187 e. The van der Waals surface area contributed by atoms with Crippen molar-refractivity contribution in [3.63, 3.8) is 0 Å². The highest BCUT2D eigenvalue weighted by molar-refractivity contribution is 4.96. The molecular weight excluding hydrogens is 468 g/mol. The molecule has 34 heavy (non-hydrogen) atoms. The van der Waals surface area contributed by atoms with Crippen molar-refractivity contribution >= 4 is 0 Å². The molecule has 3 aliphatic heterocycles. The van der Waals surface area contributed by atoms with Crippen molar-refractivity contribution in [2.45, 2.75) is 105 Å². The molecule has 0 amide bonds. The van der Waals surface area contributed by atoms with Crippen LogP contribution in [0, 0.1) is 0 Å². The average molecular weight is 502 g/mol. The number of aliphatic hydroxyl groups is 11. The maximum atomic E-state index is 10.7. The lowest BCUT2D eigenvalue weighted by Crippen LogP contribution is -2.64. The standard InChI is InChI=1S/C19H34O15/c20-3-7-10(23)13(26)9(22)5(31-7)1-2-6-12(25)17(16(29)18(30)32-6)34-19-15(28)14(27)11(24)8(4-21)33-19/h5-30H,1-4H2. The first-order chi connectivity index (χ1) is 16.0. The molecule has 3 saturated heterocycles. The van der Waals surface area contributed by atoms with E-state index in [1.54, 1.807) is 0 Å². The van der Waals surface area contributed by atoms with Crippen LogP contribution in [0.15, 0.2) is 0 Å². The zero-order chi connectivity index (χ0) is 25.3. The van der Waals surface area contributed by atoms with Crippen LogP contribution in [0.2, 0.25) is 0 Å². The zero-order valence-electron chi connectivity index (χ0n) is 18.0. The van der Waals surface area contributed by atoms with Gasteiger partial charge in [0, 0.05) is 0 Å². The lowest BCUT2D eigenvalue weighted by Gasteiger charge is -2.46. The molecule has 15 nitrogen and oxygen atoms in total. The molecule has 3 rings (SSSR count). The Kier molecular flexibility index (Phi) is 9.57. The fraction of sp³-hybridized carbons (Fsp3) is 1.00. The Morgan fingerprint density at radius 2 is 0.941 bits per heavy atom. The molecule has 0 aliphatic carbocycles. The van der Waals surface area contributed by atoms with Gasteiger partial charge in [-0.1, -0.05) is 0 Å². The summed E-state index contributed by atoms with van der Waals surface area (Å²) in [6.45, 7) is -1.35. The van der Waals surface area contributed by atoms with E-state index < -0.39 is 105 Å². The molecule has 15 atom stereocenters. The van der Waals surface area contributed by atoms with Crippen molar-refractivity contribution in [2.24, 2.45) is 0 Å². The van der Waals surface area contributed by atoms with Crippen molar-refractivity contribution in [2.75, 3.05) is 13.2 Å². The van der Waals surface area contributed by atoms with Gasteiger partial charge < -0.3 is 75.1 Å². The summed E-state index contributed by atoms with van der Waals surface area (Å²) in [7, 11) is 0. The van der Waals surface area contributed by atoms with Gasteiger partial charge in [0.25, 0.3) is 0 Å². The Morgan fingerprint density at radius 3 is 1.50 bits per heavy atom. The molecule has 11 N–H and O–H groups in total. The van der Waals surface area contributed by atoms with E-state index in [1.807, 2.05) is 0 Å². The Hall–Kier alpha value is -0.600. The van der Waals surface area contributed by atoms with Gasteiger partial charge in [0.15, 0.2) is 12.6 Å². The van der Waals surface area contributed by atoms with Crippen LogP contribution in [-0.4, -0.2) is 161 Å². The van der Waals surface area contributed by atoms with E-state index >= 15 is 0 Å². The average Bonchev–Trinajstić information content (AvgIpc) is 2.82. The van der Waals surface area contributed by atoms with E-state index in [9.17, 15) is 56.2 Å². The number of rotatable bonds is 7. The van der Waals surface area contributed by atoms with Crippen LogP contribution in [0.4, 0.5) is 0 Å². The fourth-order valence-electron chi connectivity index (χ4n) is 4.40. The monoisotopic (exact) mass is 502 g/mol. The Bertz CT molecular complexity index is 637. The second kappa shape index (κ2) is 11.6. The van der Waals surface area contributed by atoms with E-state index in [4.69, 9.17) is 18.9 Å². The maximum absolute atomic E-state index is 10.7. The predicted octanol–water partition coefficient (Wildman–Crippen LogP) is -6.77. The highest BCUT2D eigenvalue weighted by Gasteiger charge is 2.51. The quantitative estimate of drug-likeness (QED) is 0.155. The molecule has 0 saturated carbocycles. The van der Waals surface area contributed by atoms with E-state index in [1.165, 1.54) is 0 Å². The summed E-state index contributed by atoms with van der Waals surface area (Å²) >= 11 is 0. The Balaban J connectivity index is 1.65. The van der Waals surface area contributed by atoms with E-state index in [0.29, 0.717) is 0 Å². The number of hydrogen-bond acceptors (Lipinski definition) is 15. The number of ether oxygens (including phenoxy) is 4. The van der Waals surface area contributed by atoms with E-state index in [2.05, 4.69) is 0 Å². The third-order valence-electron chi connectivity index (χ3n) is 6.53. The molecule has 0 bridgehead atoms. The molecule has 0 radical (unpaired) electrons. The second-order valence-corrected chi connectivity index (χ2v) is 8.79. The highest BCUT2D eigenvalue weighted by atomic mass is 16.7. The van der Waals surface area contributed by atoms with Gasteiger partial charge in [-0.2, -0.15) is 0 Å².